The Balaban J connectivity index is 0.00000180. The van der Waals surface area contributed by atoms with Crippen LogP contribution in [0.25, 0.3) is 22.0 Å². The van der Waals surface area contributed by atoms with Crippen molar-refractivity contribution in [3.05, 3.63) is 40.7 Å². The van der Waals surface area contributed by atoms with Crippen LogP contribution in [0, 0.1) is 0 Å². The summed E-state index contributed by atoms with van der Waals surface area (Å²) in [5, 5.41) is 13.5. The van der Waals surface area contributed by atoms with Gasteiger partial charge in [-0.2, -0.15) is 5.10 Å². The van der Waals surface area contributed by atoms with Crippen molar-refractivity contribution < 1.29 is 16.5 Å². The minimum atomic E-state index is 0. The number of fused-ring (bicyclic) bond motifs is 10. The van der Waals surface area contributed by atoms with Crippen LogP contribution in [-0.2, 0) is 30.6 Å². The topological polar surface area (TPSA) is 108 Å². The molecule has 3 aliphatic rings. The zero-order chi connectivity index (χ0) is 18.0. The molecule has 0 amide bonds. The Kier molecular flexibility index (Phi) is 3.81. The number of hydrogen-bond donors (Lipinski definition) is 0. The van der Waals surface area contributed by atoms with E-state index in [1.807, 2.05) is 54.1 Å². The van der Waals surface area contributed by atoms with Crippen LogP contribution in [0.15, 0.2) is 28.6 Å². The van der Waals surface area contributed by atoms with Gasteiger partial charge in [-0.1, -0.05) is 0 Å². The van der Waals surface area contributed by atoms with E-state index in [0.29, 0.717) is 46.7 Å². The average molecular weight is 408 g/mol. The summed E-state index contributed by atoms with van der Waals surface area (Å²) in [4.78, 5) is 21.8. The monoisotopic (exact) mass is 407 g/mol. The molecular formula is C15H15N11Ni. The smallest absolute Gasteiger partial charge is 0.406 e. The van der Waals surface area contributed by atoms with Gasteiger partial charge in [0.05, 0.1) is 5.69 Å². The van der Waals surface area contributed by atoms with E-state index in [4.69, 9.17) is 0 Å². The van der Waals surface area contributed by atoms with Crippen molar-refractivity contribution in [3.8, 4) is 0 Å². The van der Waals surface area contributed by atoms with Crippen LogP contribution in [-0.4, -0.2) is 60.1 Å². The fourth-order valence-corrected chi connectivity index (χ4v) is 2.80. The molecule has 0 atom stereocenters. The first-order chi connectivity index (χ1) is 12.5. The van der Waals surface area contributed by atoms with E-state index in [1.165, 1.54) is 0 Å². The summed E-state index contributed by atoms with van der Waals surface area (Å²) >= 11 is 0. The number of aliphatic imine (C=N–C) groups is 2. The number of guanidine groups is 2. The predicted octanol–water partition coefficient (Wildman–Crippen LogP) is 1.47. The van der Waals surface area contributed by atoms with Crippen LogP contribution in [0.1, 0.15) is 11.5 Å². The molecular weight excluding hydrogens is 393 g/mol. The largest absolute Gasteiger partial charge is 2.00 e. The molecule has 0 spiro atoms. The minimum Gasteiger partial charge on any atom is -0.406 e. The normalized spacial score (nSPS) is 17.2. The van der Waals surface area contributed by atoms with Crippen molar-refractivity contribution >= 4 is 35.2 Å². The Bertz CT molecular complexity index is 970. The van der Waals surface area contributed by atoms with Gasteiger partial charge in [-0.15, -0.1) is 0 Å². The standard InChI is InChI=1S/C15H15N11.Ni/c1-23-5-8-9-6-24(2)13(17-9)21-15-19-11(22-26(15)4)10-7-25(3)14(18-10)20-12(23)16-8;/h5-7H,1-4H3;/q-2;+2. The van der Waals surface area contributed by atoms with Crippen LogP contribution < -0.4 is 0 Å². The van der Waals surface area contributed by atoms with E-state index in [0.717, 1.165) is 0 Å². The summed E-state index contributed by atoms with van der Waals surface area (Å²) < 4.78 is 3.44. The van der Waals surface area contributed by atoms with Gasteiger partial charge in [-0.25, -0.2) is 14.6 Å². The molecule has 2 aromatic heterocycles. The fraction of sp³-hybridized carbons (Fsp3) is 0.267. The zero-order valence-electron chi connectivity index (χ0n) is 15.0. The number of nitrogens with zero attached hydrogens (tertiary/aromatic N) is 11. The first-order valence-corrected chi connectivity index (χ1v) is 7.93. The molecule has 0 radical (unpaired) electrons. The molecule has 140 valence electrons. The van der Waals surface area contributed by atoms with Crippen molar-refractivity contribution in [3.63, 3.8) is 0 Å². The molecule has 3 aliphatic heterocycles. The van der Waals surface area contributed by atoms with Gasteiger partial charge in [-0.05, 0) is 26.5 Å². The Hall–Kier alpha value is -3.14. The van der Waals surface area contributed by atoms with Crippen molar-refractivity contribution in [2.24, 2.45) is 24.1 Å². The molecule has 27 heavy (non-hydrogen) atoms. The third kappa shape index (κ3) is 2.69. The molecule has 8 bridgehead atoms. The minimum absolute atomic E-state index is 0. The van der Waals surface area contributed by atoms with Gasteiger partial charge in [0.25, 0.3) is 0 Å². The molecule has 11 nitrogen and oxygen atoms in total. The Morgan fingerprint density at radius 3 is 2.19 bits per heavy atom. The molecule has 0 saturated heterocycles. The molecule has 2 aromatic rings. The first-order valence-electron chi connectivity index (χ1n) is 7.93. The summed E-state index contributed by atoms with van der Waals surface area (Å²) in [5.74, 6) is 2.50. The van der Waals surface area contributed by atoms with Gasteiger partial charge in [0, 0.05) is 43.6 Å². The van der Waals surface area contributed by atoms with Gasteiger partial charge in [0.1, 0.15) is 0 Å². The van der Waals surface area contributed by atoms with E-state index in [1.54, 1.807) is 11.7 Å². The summed E-state index contributed by atoms with van der Waals surface area (Å²) in [6, 6.07) is 0. The van der Waals surface area contributed by atoms with Crippen LogP contribution in [0.3, 0.4) is 0 Å². The maximum Gasteiger partial charge on any atom is 2.00 e. The predicted molar refractivity (Wildman–Crippen MR) is 96.6 cm³/mol. The molecule has 12 heteroatoms. The van der Waals surface area contributed by atoms with E-state index in [9.17, 15) is 0 Å². The molecule has 0 aliphatic carbocycles. The number of aryl methyl sites for hydroxylation is 2. The maximum atomic E-state index is 4.58. The Morgan fingerprint density at radius 1 is 0.815 bits per heavy atom. The van der Waals surface area contributed by atoms with E-state index >= 15 is 0 Å². The van der Waals surface area contributed by atoms with Crippen molar-refractivity contribution in [2.45, 2.75) is 0 Å². The number of rotatable bonds is 0. The quantitative estimate of drug-likeness (QED) is 0.614. The summed E-state index contributed by atoms with van der Waals surface area (Å²) in [7, 11) is 7.42. The molecule has 0 aromatic carbocycles. The summed E-state index contributed by atoms with van der Waals surface area (Å²) in [6.07, 6.45) is 5.59. The summed E-state index contributed by atoms with van der Waals surface area (Å²) in [6.45, 7) is 0. The second-order valence-corrected chi connectivity index (χ2v) is 6.19. The third-order valence-corrected chi connectivity index (χ3v) is 4.19. The maximum absolute atomic E-state index is 4.58. The van der Waals surface area contributed by atoms with Crippen LogP contribution in [0.2, 0.25) is 0 Å². The van der Waals surface area contributed by atoms with Gasteiger partial charge in [0.15, 0.2) is 17.7 Å². The second kappa shape index (κ2) is 5.95. The SMILES string of the molecule is CN1C=C2[N-]C1=Nc1nc(nn1C)C1=CN(C)C(=Nc3nc2cn3C)[N-]1.[Ni+2]. The van der Waals surface area contributed by atoms with Crippen molar-refractivity contribution in [2.75, 3.05) is 14.1 Å². The zero-order valence-corrected chi connectivity index (χ0v) is 16.0. The second-order valence-electron chi connectivity index (χ2n) is 6.19. The van der Waals surface area contributed by atoms with Crippen molar-refractivity contribution in [1.29, 1.82) is 0 Å². The average Bonchev–Trinajstić information content (AvgIpc) is 3.32. The molecule has 0 unspecified atom stereocenters. The van der Waals surface area contributed by atoms with Gasteiger partial charge in [0.2, 0.25) is 0 Å². The number of imidazole rings is 1. The van der Waals surface area contributed by atoms with Crippen LogP contribution in [0.5, 0.6) is 0 Å². The molecule has 0 N–H and O–H groups in total. The first kappa shape index (κ1) is 17.3. The van der Waals surface area contributed by atoms with E-state index < -0.39 is 0 Å². The molecule has 0 fully saturated rings. The van der Waals surface area contributed by atoms with Crippen molar-refractivity contribution in [1.82, 2.24) is 34.1 Å². The van der Waals surface area contributed by atoms with Crippen LogP contribution in [0.4, 0.5) is 11.9 Å². The van der Waals surface area contributed by atoms with E-state index in [-0.39, 0.29) is 16.5 Å². The molecule has 5 heterocycles. The molecule has 0 saturated carbocycles. The molecule has 5 rings (SSSR count). The van der Waals surface area contributed by atoms with Gasteiger partial charge < -0.3 is 35.0 Å². The Morgan fingerprint density at radius 2 is 1.44 bits per heavy atom. The van der Waals surface area contributed by atoms with E-state index in [2.05, 4.69) is 35.7 Å². The third-order valence-electron chi connectivity index (χ3n) is 4.19. The fourth-order valence-electron chi connectivity index (χ4n) is 2.80. The number of hydrogen-bond acceptors (Lipinski definition) is 7. The van der Waals surface area contributed by atoms with Gasteiger partial charge in [-0.3, -0.25) is 0 Å². The van der Waals surface area contributed by atoms with Gasteiger partial charge >= 0.3 is 16.5 Å². The number of aromatic nitrogens is 5. The Labute approximate surface area is 165 Å². The summed E-state index contributed by atoms with van der Waals surface area (Å²) in [5.41, 5.74) is 2.05. The van der Waals surface area contributed by atoms with Crippen LogP contribution >= 0.6 is 0 Å².